The van der Waals surface area contributed by atoms with E-state index < -0.39 is 0 Å². The second kappa shape index (κ2) is 8.85. The van der Waals surface area contributed by atoms with Crippen molar-refractivity contribution in [3.8, 4) is 0 Å². The zero-order valence-electron chi connectivity index (χ0n) is 17.3. The van der Waals surface area contributed by atoms with Crippen LogP contribution in [0.2, 0.25) is 0 Å². The van der Waals surface area contributed by atoms with Crippen LogP contribution in [0.5, 0.6) is 0 Å². The minimum Gasteiger partial charge on any atom is -0.353 e. The van der Waals surface area contributed by atoms with Crippen molar-refractivity contribution in [1.82, 2.24) is 14.8 Å². The van der Waals surface area contributed by atoms with Crippen molar-refractivity contribution in [3.63, 3.8) is 0 Å². The van der Waals surface area contributed by atoms with Crippen molar-refractivity contribution < 1.29 is 14.4 Å². The molecule has 0 atom stereocenters. The summed E-state index contributed by atoms with van der Waals surface area (Å²) in [5.74, 6) is 1.24. The Hall–Kier alpha value is -2.90. The molecule has 0 bridgehead atoms. The van der Waals surface area contributed by atoms with Gasteiger partial charge in [-0.3, -0.25) is 14.4 Å². The number of nitrogens with one attached hydrogen (secondary N) is 1. The molecule has 2 aliphatic heterocycles. The highest BCUT2D eigenvalue weighted by Gasteiger charge is 2.34. The van der Waals surface area contributed by atoms with Crippen LogP contribution in [-0.2, 0) is 14.4 Å². The molecule has 160 valence electrons. The summed E-state index contributed by atoms with van der Waals surface area (Å²) >= 11 is 0. The van der Waals surface area contributed by atoms with Crippen LogP contribution in [0.4, 0.5) is 11.5 Å². The lowest BCUT2D eigenvalue weighted by Crippen LogP contribution is -2.49. The smallest absolute Gasteiger partial charge is 0.245 e. The van der Waals surface area contributed by atoms with E-state index >= 15 is 0 Å². The van der Waals surface area contributed by atoms with Crippen LogP contribution in [-0.4, -0.2) is 71.8 Å². The molecule has 1 aromatic rings. The van der Waals surface area contributed by atoms with E-state index in [4.69, 9.17) is 0 Å². The normalized spacial score (nSPS) is 20.1. The number of nitrogens with zero attached hydrogens (tertiary/aromatic N) is 4. The minimum absolute atomic E-state index is 0.0255. The largest absolute Gasteiger partial charge is 0.353 e. The molecular weight excluding hydrogens is 382 g/mol. The predicted octanol–water partition coefficient (Wildman–Crippen LogP) is 1.50. The molecule has 0 unspecified atom stereocenters. The molecule has 1 aromatic heterocycles. The average molecular weight is 412 g/mol. The van der Waals surface area contributed by atoms with E-state index in [2.05, 4.69) is 21.8 Å². The highest BCUT2D eigenvalue weighted by atomic mass is 16.2. The van der Waals surface area contributed by atoms with Crippen molar-refractivity contribution in [2.75, 3.05) is 49.5 Å². The van der Waals surface area contributed by atoms with Gasteiger partial charge in [-0.25, -0.2) is 4.98 Å². The summed E-state index contributed by atoms with van der Waals surface area (Å²) in [5.41, 5.74) is 0.677. The Kier molecular flexibility index (Phi) is 6.01. The maximum absolute atomic E-state index is 12.5. The molecule has 3 amide bonds. The molecule has 2 saturated heterocycles. The number of likely N-dealkylation sites (tertiary alicyclic amines) is 1. The number of aromatic nitrogens is 1. The number of piperazine rings is 1. The molecule has 8 nitrogen and oxygen atoms in total. The zero-order valence-corrected chi connectivity index (χ0v) is 17.3. The molecule has 4 rings (SSSR count). The van der Waals surface area contributed by atoms with Gasteiger partial charge in [-0.15, -0.1) is 0 Å². The van der Waals surface area contributed by atoms with E-state index in [9.17, 15) is 14.4 Å². The molecule has 30 heavy (non-hydrogen) atoms. The number of hydrogen-bond acceptors (Lipinski definition) is 5. The Morgan fingerprint density at radius 2 is 1.63 bits per heavy atom. The fraction of sp³-hybridized carbons (Fsp3) is 0.545. The van der Waals surface area contributed by atoms with Crippen LogP contribution in [0.1, 0.15) is 25.7 Å². The third kappa shape index (κ3) is 4.63. The highest BCUT2D eigenvalue weighted by molar-refractivity contribution is 5.93. The van der Waals surface area contributed by atoms with E-state index in [1.807, 2.05) is 17.0 Å². The number of anilines is 2. The number of carbonyl (C=O) groups is 3. The Morgan fingerprint density at radius 3 is 2.20 bits per heavy atom. The van der Waals surface area contributed by atoms with Crippen LogP contribution >= 0.6 is 0 Å². The number of hydrogen-bond donors (Lipinski definition) is 1. The first-order valence-corrected chi connectivity index (χ1v) is 10.8. The number of carbonyl (C=O) groups excluding carboxylic acids is 3. The molecule has 0 radical (unpaired) electrons. The first-order chi connectivity index (χ1) is 14.5. The predicted molar refractivity (Wildman–Crippen MR) is 114 cm³/mol. The first-order valence-electron chi connectivity index (χ1n) is 10.8. The molecule has 1 aliphatic carbocycles. The summed E-state index contributed by atoms with van der Waals surface area (Å²) in [6.07, 6.45) is 6.39. The summed E-state index contributed by atoms with van der Waals surface area (Å²) in [6, 6.07) is 3.79. The minimum atomic E-state index is -0.101. The van der Waals surface area contributed by atoms with Gasteiger partial charge >= 0.3 is 0 Å². The zero-order chi connectivity index (χ0) is 21.1. The molecular formula is C22H29N5O3. The van der Waals surface area contributed by atoms with Gasteiger partial charge in [-0.05, 0) is 43.9 Å². The maximum atomic E-state index is 12.5. The summed E-state index contributed by atoms with van der Waals surface area (Å²) < 4.78 is 0. The van der Waals surface area contributed by atoms with Gasteiger partial charge in [0.05, 0.1) is 11.9 Å². The van der Waals surface area contributed by atoms with Crippen LogP contribution in [0, 0.1) is 11.8 Å². The van der Waals surface area contributed by atoms with E-state index in [1.54, 1.807) is 11.1 Å². The monoisotopic (exact) mass is 411 g/mol. The molecule has 0 aromatic carbocycles. The van der Waals surface area contributed by atoms with E-state index in [-0.39, 0.29) is 23.7 Å². The summed E-state index contributed by atoms with van der Waals surface area (Å²) in [6.45, 7) is 7.70. The van der Waals surface area contributed by atoms with Crippen LogP contribution in [0.25, 0.3) is 0 Å². The van der Waals surface area contributed by atoms with Crippen LogP contribution in [0.3, 0.4) is 0 Å². The Balaban J connectivity index is 1.25. The topological polar surface area (TPSA) is 85.9 Å². The van der Waals surface area contributed by atoms with Crippen molar-refractivity contribution in [2.24, 2.45) is 11.8 Å². The number of pyridine rings is 1. The van der Waals surface area contributed by atoms with Crippen molar-refractivity contribution in [1.29, 1.82) is 0 Å². The molecule has 1 N–H and O–H groups in total. The average Bonchev–Trinajstić information content (AvgIpc) is 3.64. The molecule has 0 spiro atoms. The molecule has 1 saturated carbocycles. The van der Waals surface area contributed by atoms with Crippen molar-refractivity contribution >= 4 is 29.2 Å². The van der Waals surface area contributed by atoms with Gasteiger partial charge in [-0.2, -0.15) is 0 Å². The summed E-state index contributed by atoms with van der Waals surface area (Å²) in [5, 5.41) is 2.94. The lowest BCUT2D eigenvalue weighted by atomic mass is 9.96. The van der Waals surface area contributed by atoms with Crippen LogP contribution in [0.15, 0.2) is 31.0 Å². The second-order valence-electron chi connectivity index (χ2n) is 8.28. The van der Waals surface area contributed by atoms with E-state index in [0.717, 1.165) is 44.8 Å². The number of piperidine rings is 1. The van der Waals surface area contributed by atoms with Gasteiger partial charge in [0.15, 0.2) is 0 Å². The Morgan fingerprint density at radius 1 is 0.933 bits per heavy atom. The standard InChI is InChI=1S/C22H29N5O3/c1-2-20(28)26-9-7-16(8-10-26)21(29)24-18-5-6-19(23-15-18)25-11-13-27(14-12-25)22(30)17-3-4-17/h2,5-6,15-17H,1,3-4,7-14H2,(H,24,29). The fourth-order valence-corrected chi connectivity index (χ4v) is 4.13. The third-order valence-corrected chi connectivity index (χ3v) is 6.21. The maximum Gasteiger partial charge on any atom is 0.245 e. The van der Waals surface area contributed by atoms with Gasteiger partial charge in [0.1, 0.15) is 5.82 Å². The Labute approximate surface area is 176 Å². The number of amides is 3. The first kappa shape index (κ1) is 20.4. The third-order valence-electron chi connectivity index (χ3n) is 6.21. The van der Waals surface area contributed by atoms with E-state index in [0.29, 0.717) is 37.5 Å². The molecule has 8 heteroatoms. The van der Waals surface area contributed by atoms with Crippen LogP contribution < -0.4 is 10.2 Å². The van der Waals surface area contributed by atoms with Gasteiger partial charge < -0.3 is 20.0 Å². The Bertz CT molecular complexity index is 805. The fourth-order valence-electron chi connectivity index (χ4n) is 4.13. The van der Waals surface area contributed by atoms with Gasteiger partial charge in [-0.1, -0.05) is 6.58 Å². The lowest BCUT2D eigenvalue weighted by molar-refractivity contribution is -0.132. The highest BCUT2D eigenvalue weighted by Crippen LogP contribution is 2.31. The summed E-state index contributed by atoms with van der Waals surface area (Å²) in [7, 11) is 0. The SMILES string of the molecule is C=CC(=O)N1CCC(C(=O)Nc2ccc(N3CCN(C(=O)C4CC4)CC3)nc2)CC1. The molecule has 3 heterocycles. The molecule has 3 aliphatic rings. The lowest BCUT2D eigenvalue weighted by Gasteiger charge is -2.35. The van der Waals surface area contributed by atoms with Gasteiger partial charge in [0.2, 0.25) is 17.7 Å². The summed E-state index contributed by atoms with van der Waals surface area (Å²) in [4.78, 5) is 46.8. The van der Waals surface area contributed by atoms with Crippen molar-refractivity contribution in [3.05, 3.63) is 31.0 Å². The van der Waals surface area contributed by atoms with Gasteiger partial charge in [0, 0.05) is 51.1 Å². The quantitative estimate of drug-likeness (QED) is 0.743. The number of rotatable bonds is 5. The second-order valence-corrected chi connectivity index (χ2v) is 8.28. The van der Waals surface area contributed by atoms with Crippen molar-refractivity contribution in [2.45, 2.75) is 25.7 Å². The van der Waals surface area contributed by atoms with E-state index in [1.165, 1.54) is 6.08 Å². The molecule has 3 fully saturated rings. The van der Waals surface area contributed by atoms with Gasteiger partial charge in [0.25, 0.3) is 0 Å².